The number of methoxy groups -OCH3 is 2. The molecule has 0 aromatic heterocycles. The summed E-state index contributed by atoms with van der Waals surface area (Å²) in [6.45, 7) is 5.39. The minimum atomic E-state index is -1.04. The zero-order chi connectivity index (χ0) is 19.5. The molecule has 0 fully saturated rings. The van der Waals surface area contributed by atoms with Crippen LogP contribution in [-0.2, 0) is 10.2 Å². The second-order valence-corrected chi connectivity index (χ2v) is 6.48. The van der Waals surface area contributed by atoms with Crippen LogP contribution in [0, 0.1) is 6.92 Å². The van der Waals surface area contributed by atoms with Gasteiger partial charge in [0.2, 0.25) is 5.91 Å². The monoisotopic (exact) mass is 357 g/mol. The number of aryl methyl sites for hydroxylation is 1. The van der Waals surface area contributed by atoms with Crippen LogP contribution in [0.2, 0.25) is 0 Å². The number of carbonyl (C=O) groups excluding carboxylic acids is 1. The maximum atomic E-state index is 12.9. The van der Waals surface area contributed by atoms with Crippen LogP contribution in [0.1, 0.15) is 35.3 Å². The van der Waals surface area contributed by atoms with Gasteiger partial charge in [-0.2, -0.15) is 0 Å². The molecule has 0 saturated heterocycles. The summed E-state index contributed by atoms with van der Waals surface area (Å²) in [6.07, 6.45) is 0. The number of hydrogen-bond donors (Lipinski definition) is 2. The number of carboxylic acids is 1. The van der Waals surface area contributed by atoms with Gasteiger partial charge in [-0.25, -0.2) is 4.79 Å². The van der Waals surface area contributed by atoms with Crippen LogP contribution >= 0.6 is 0 Å². The van der Waals surface area contributed by atoms with E-state index in [-0.39, 0.29) is 11.5 Å². The Morgan fingerprint density at radius 3 is 2.23 bits per heavy atom. The van der Waals surface area contributed by atoms with Crippen molar-refractivity contribution < 1.29 is 24.2 Å². The van der Waals surface area contributed by atoms with E-state index in [0.717, 1.165) is 11.1 Å². The van der Waals surface area contributed by atoms with E-state index in [2.05, 4.69) is 5.32 Å². The van der Waals surface area contributed by atoms with Crippen molar-refractivity contribution in [3.8, 4) is 11.5 Å². The third-order valence-electron chi connectivity index (χ3n) is 4.41. The van der Waals surface area contributed by atoms with Crippen molar-refractivity contribution in [1.29, 1.82) is 0 Å². The number of carboxylic acid groups (broad SMARTS) is 1. The minimum absolute atomic E-state index is 0.120. The van der Waals surface area contributed by atoms with Crippen LogP contribution in [0.3, 0.4) is 0 Å². The number of rotatable bonds is 6. The Hall–Kier alpha value is -3.02. The van der Waals surface area contributed by atoms with E-state index in [4.69, 9.17) is 14.6 Å². The largest absolute Gasteiger partial charge is 0.493 e. The van der Waals surface area contributed by atoms with Crippen molar-refractivity contribution in [3.05, 3.63) is 53.1 Å². The van der Waals surface area contributed by atoms with Crippen molar-refractivity contribution in [2.24, 2.45) is 0 Å². The second kappa shape index (κ2) is 7.47. The van der Waals surface area contributed by atoms with E-state index in [1.54, 1.807) is 39.2 Å². The fourth-order valence-corrected chi connectivity index (χ4v) is 2.52. The number of hydrogen-bond acceptors (Lipinski definition) is 4. The molecule has 6 nitrogen and oxygen atoms in total. The molecule has 26 heavy (non-hydrogen) atoms. The standard InChI is InChI=1S/C20H23NO5/c1-12-6-7-13(18(22)23)10-15(12)21-19(24)20(2,3)14-8-9-16(25-4)17(11-14)26-5/h6-11H,1-5H3,(H,21,24)(H,22,23). The van der Waals surface area contributed by atoms with Gasteiger partial charge in [-0.1, -0.05) is 12.1 Å². The quantitative estimate of drug-likeness (QED) is 0.825. The van der Waals surface area contributed by atoms with Crippen LogP contribution in [0.25, 0.3) is 0 Å². The van der Waals surface area contributed by atoms with E-state index in [9.17, 15) is 9.59 Å². The molecule has 2 N–H and O–H groups in total. The normalized spacial score (nSPS) is 11.0. The zero-order valence-electron chi connectivity index (χ0n) is 15.5. The van der Waals surface area contributed by atoms with Crippen molar-refractivity contribution in [3.63, 3.8) is 0 Å². The molecule has 0 aliphatic carbocycles. The van der Waals surface area contributed by atoms with Crippen molar-refractivity contribution in [2.75, 3.05) is 19.5 Å². The first-order chi connectivity index (χ1) is 12.2. The predicted molar refractivity (Wildman–Crippen MR) is 99.3 cm³/mol. The molecule has 0 spiro atoms. The highest BCUT2D eigenvalue weighted by Crippen LogP contribution is 2.34. The maximum Gasteiger partial charge on any atom is 0.335 e. The number of benzene rings is 2. The maximum absolute atomic E-state index is 12.9. The van der Waals surface area contributed by atoms with Gasteiger partial charge in [-0.3, -0.25) is 4.79 Å². The summed E-state index contributed by atoms with van der Waals surface area (Å²) >= 11 is 0. The molecule has 138 valence electrons. The average Bonchev–Trinajstić information content (AvgIpc) is 2.62. The Morgan fingerprint density at radius 2 is 1.65 bits per heavy atom. The van der Waals surface area contributed by atoms with E-state index in [1.807, 2.05) is 13.0 Å². The van der Waals surface area contributed by atoms with Gasteiger partial charge in [-0.05, 0) is 56.2 Å². The summed E-state index contributed by atoms with van der Waals surface area (Å²) in [6, 6.07) is 9.95. The topological polar surface area (TPSA) is 84.9 Å². The number of aromatic carboxylic acids is 1. The van der Waals surface area contributed by atoms with Crippen LogP contribution < -0.4 is 14.8 Å². The van der Waals surface area contributed by atoms with Crippen LogP contribution in [0.4, 0.5) is 5.69 Å². The molecule has 0 heterocycles. The SMILES string of the molecule is COc1ccc(C(C)(C)C(=O)Nc2cc(C(=O)O)ccc2C)cc1OC. The smallest absolute Gasteiger partial charge is 0.335 e. The lowest BCUT2D eigenvalue weighted by molar-refractivity contribution is -0.120. The van der Waals surface area contributed by atoms with Gasteiger partial charge in [0.25, 0.3) is 0 Å². The number of carbonyl (C=O) groups is 2. The molecule has 0 radical (unpaired) electrons. The van der Waals surface area contributed by atoms with E-state index in [1.165, 1.54) is 19.2 Å². The molecule has 1 amide bonds. The lowest BCUT2D eigenvalue weighted by Crippen LogP contribution is -2.35. The summed E-state index contributed by atoms with van der Waals surface area (Å²) in [4.78, 5) is 24.1. The minimum Gasteiger partial charge on any atom is -0.493 e. The molecule has 0 bridgehead atoms. The summed E-state index contributed by atoms with van der Waals surface area (Å²) < 4.78 is 10.5. The molecule has 6 heteroatoms. The molecular formula is C20H23NO5. The first kappa shape index (κ1) is 19.3. The highest BCUT2D eigenvalue weighted by atomic mass is 16.5. The van der Waals surface area contributed by atoms with E-state index in [0.29, 0.717) is 17.2 Å². The zero-order valence-corrected chi connectivity index (χ0v) is 15.5. The number of anilines is 1. The molecule has 0 atom stereocenters. The van der Waals surface area contributed by atoms with Crippen molar-refractivity contribution >= 4 is 17.6 Å². The highest BCUT2D eigenvalue weighted by Gasteiger charge is 2.31. The molecule has 0 aliphatic rings. The molecule has 0 unspecified atom stereocenters. The number of ether oxygens (including phenoxy) is 2. The van der Waals surface area contributed by atoms with Crippen molar-refractivity contribution in [1.82, 2.24) is 0 Å². The highest BCUT2D eigenvalue weighted by molar-refractivity contribution is 6.00. The van der Waals surface area contributed by atoms with Crippen LogP contribution in [0.5, 0.6) is 11.5 Å². The van der Waals surface area contributed by atoms with Gasteiger partial charge in [0.1, 0.15) is 0 Å². The first-order valence-corrected chi connectivity index (χ1v) is 8.08. The van der Waals surface area contributed by atoms with Crippen molar-refractivity contribution in [2.45, 2.75) is 26.2 Å². The number of nitrogens with one attached hydrogen (secondary N) is 1. The Kier molecular flexibility index (Phi) is 5.55. The summed E-state index contributed by atoms with van der Waals surface area (Å²) in [7, 11) is 3.09. The Morgan fingerprint density at radius 1 is 1.00 bits per heavy atom. The lowest BCUT2D eigenvalue weighted by Gasteiger charge is -2.25. The fraction of sp³-hybridized carbons (Fsp3) is 0.300. The van der Waals surface area contributed by atoms with E-state index >= 15 is 0 Å². The van der Waals surface area contributed by atoms with Crippen LogP contribution in [-0.4, -0.2) is 31.2 Å². The first-order valence-electron chi connectivity index (χ1n) is 8.08. The van der Waals surface area contributed by atoms with Gasteiger partial charge in [-0.15, -0.1) is 0 Å². The predicted octanol–water partition coefficient (Wildman–Crippen LogP) is 3.63. The summed E-state index contributed by atoms with van der Waals surface area (Å²) in [5, 5.41) is 12.0. The average molecular weight is 357 g/mol. The fourth-order valence-electron chi connectivity index (χ4n) is 2.52. The molecular weight excluding hydrogens is 334 g/mol. The Balaban J connectivity index is 2.34. The molecule has 2 aromatic carbocycles. The Labute approximate surface area is 152 Å². The third-order valence-corrected chi connectivity index (χ3v) is 4.41. The molecule has 0 saturated carbocycles. The van der Waals surface area contributed by atoms with E-state index < -0.39 is 11.4 Å². The second-order valence-electron chi connectivity index (χ2n) is 6.48. The summed E-state index contributed by atoms with van der Waals surface area (Å²) in [5.41, 5.74) is 1.26. The number of amides is 1. The summed E-state index contributed by atoms with van der Waals surface area (Å²) in [5.74, 6) is -0.178. The van der Waals surface area contributed by atoms with Gasteiger partial charge in [0, 0.05) is 5.69 Å². The Bertz CT molecular complexity index is 842. The lowest BCUT2D eigenvalue weighted by atomic mass is 9.83. The van der Waals surface area contributed by atoms with Gasteiger partial charge < -0.3 is 19.9 Å². The van der Waals surface area contributed by atoms with Gasteiger partial charge in [0.05, 0.1) is 25.2 Å². The molecule has 2 rings (SSSR count). The molecule has 0 aliphatic heterocycles. The van der Waals surface area contributed by atoms with Gasteiger partial charge >= 0.3 is 5.97 Å². The molecule has 2 aromatic rings. The van der Waals surface area contributed by atoms with Gasteiger partial charge in [0.15, 0.2) is 11.5 Å². The third kappa shape index (κ3) is 3.79. The van der Waals surface area contributed by atoms with Crippen LogP contribution in [0.15, 0.2) is 36.4 Å².